The number of amides is 1. The largest absolute Gasteiger partial charge is 0.338 e. The maximum Gasteiger partial charge on any atom is 0.241 e. The monoisotopic (exact) mass is 414 g/mol. The molecule has 1 N–H and O–H groups in total. The van der Waals surface area contributed by atoms with E-state index in [0.29, 0.717) is 35.4 Å². The van der Waals surface area contributed by atoms with E-state index >= 15 is 0 Å². The predicted octanol–water partition coefficient (Wildman–Crippen LogP) is 4.38. The number of benzene rings is 2. The number of carbonyl (C=O) groups excluding carboxylic acids is 1. The summed E-state index contributed by atoms with van der Waals surface area (Å²) in [6.45, 7) is 1.82. The predicted molar refractivity (Wildman–Crippen MR) is 108 cm³/mol. The zero-order chi connectivity index (χ0) is 20.2. The lowest BCUT2D eigenvalue weighted by atomic mass is 9.97. The second kappa shape index (κ2) is 8.71. The SMILES string of the molecule is O=C(Nc1ccccc1F)C1CCCN(Cc2nc(-c3ccccc3Cl)no2)C1. The molecule has 0 radical (unpaired) electrons. The summed E-state index contributed by atoms with van der Waals surface area (Å²) in [5, 5.41) is 7.26. The van der Waals surface area contributed by atoms with Crippen molar-refractivity contribution in [3.63, 3.8) is 0 Å². The molecule has 1 aliphatic rings. The van der Waals surface area contributed by atoms with Crippen LogP contribution in [0.25, 0.3) is 11.4 Å². The molecule has 0 bridgehead atoms. The molecule has 2 aromatic carbocycles. The van der Waals surface area contributed by atoms with Crippen molar-refractivity contribution in [1.82, 2.24) is 15.0 Å². The molecule has 0 aliphatic carbocycles. The Balaban J connectivity index is 1.39. The highest BCUT2D eigenvalue weighted by molar-refractivity contribution is 6.33. The summed E-state index contributed by atoms with van der Waals surface area (Å²) in [4.78, 5) is 19.1. The van der Waals surface area contributed by atoms with Gasteiger partial charge in [0.05, 0.1) is 23.2 Å². The van der Waals surface area contributed by atoms with E-state index in [2.05, 4.69) is 20.4 Å². The summed E-state index contributed by atoms with van der Waals surface area (Å²) >= 11 is 6.19. The topological polar surface area (TPSA) is 71.3 Å². The molecule has 4 rings (SSSR count). The zero-order valence-corrected chi connectivity index (χ0v) is 16.4. The standard InChI is InChI=1S/C21H20ClFN4O2/c22-16-8-2-1-7-15(16)20-25-19(29-26-20)13-27-11-5-6-14(12-27)21(28)24-18-10-4-3-9-17(18)23/h1-4,7-10,14H,5-6,11-13H2,(H,24,28). The summed E-state index contributed by atoms with van der Waals surface area (Å²) in [5.41, 5.74) is 0.917. The third kappa shape index (κ3) is 4.63. The van der Waals surface area contributed by atoms with Crippen LogP contribution in [0.5, 0.6) is 0 Å². The Morgan fingerprint density at radius 1 is 1.24 bits per heavy atom. The molecule has 1 amide bonds. The summed E-state index contributed by atoms with van der Waals surface area (Å²) < 4.78 is 19.2. The van der Waals surface area contributed by atoms with Crippen LogP contribution >= 0.6 is 11.6 Å². The Hall–Kier alpha value is -2.77. The Morgan fingerprint density at radius 2 is 2.03 bits per heavy atom. The molecule has 8 heteroatoms. The number of rotatable bonds is 5. The van der Waals surface area contributed by atoms with Crippen LogP contribution in [0.15, 0.2) is 53.1 Å². The van der Waals surface area contributed by atoms with Crippen LogP contribution in [-0.2, 0) is 11.3 Å². The molecule has 0 saturated carbocycles. The number of nitrogens with zero attached hydrogens (tertiary/aromatic N) is 3. The van der Waals surface area contributed by atoms with Crippen LogP contribution in [0.1, 0.15) is 18.7 Å². The van der Waals surface area contributed by atoms with E-state index in [1.807, 2.05) is 18.2 Å². The maximum absolute atomic E-state index is 13.8. The van der Waals surface area contributed by atoms with Crippen LogP contribution in [0.2, 0.25) is 5.02 Å². The van der Waals surface area contributed by atoms with Gasteiger partial charge in [-0.25, -0.2) is 4.39 Å². The maximum atomic E-state index is 13.8. The molecule has 3 aromatic rings. The number of hydrogen-bond donors (Lipinski definition) is 1. The summed E-state index contributed by atoms with van der Waals surface area (Å²) in [5.74, 6) is 0.0643. The van der Waals surface area contributed by atoms with Crippen LogP contribution in [0.4, 0.5) is 10.1 Å². The molecule has 1 fully saturated rings. The van der Waals surface area contributed by atoms with Gasteiger partial charge in [-0.15, -0.1) is 0 Å². The third-order valence-corrected chi connectivity index (χ3v) is 5.28. The fourth-order valence-corrected chi connectivity index (χ4v) is 3.69. The number of anilines is 1. The van der Waals surface area contributed by atoms with Crippen LogP contribution in [0.3, 0.4) is 0 Å². The molecule has 150 valence electrons. The Bertz CT molecular complexity index is 1010. The van der Waals surface area contributed by atoms with Crippen molar-refractivity contribution in [3.05, 3.63) is 65.3 Å². The second-order valence-electron chi connectivity index (χ2n) is 7.03. The number of nitrogens with one attached hydrogen (secondary N) is 1. The number of carbonyl (C=O) groups is 1. The molecule has 2 heterocycles. The van der Waals surface area contributed by atoms with Gasteiger partial charge in [-0.3, -0.25) is 9.69 Å². The fraction of sp³-hybridized carbons (Fsp3) is 0.286. The average molecular weight is 415 g/mol. The average Bonchev–Trinajstić information content (AvgIpc) is 3.18. The highest BCUT2D eigenvalue weighted by Gasteiger charge is 2.27. The number of para-hydroxylation sites is 1. The Morgan fingerprint density at radius 3 is 2.86 bits per heavy atom. The van der Waals surface area contributed by atoms with Gasteiger partial charge in [-0.2, -0.15) is 4.98 Å². The van der Waals surface area contributed by atoms with E-state index in [4.69, 9.17) is 16.1 Å². The molecule has 1 aliphatic heterocycles. The highest BCUT2D eigenvalue weighted by atomic mass is 35.5. The normalized spacial score (nSPS) is 17.2. The van der Waals surface area contributed by atoms with Gasteiger partial charge in [0.25, 0.3) is 0 Å². The minimum atomic E-state index is -0.438. The molecular formula is C21H20ClFN4O2. The van der Waals surface area contributed by atoms with Crippen molar-refractivity contribution in [3.8, 4) is 11.4 Å². The van der Waals surface area contributed by atoms with Crippen LogP contribution < -0.4 is 5.32 Å². The van der Waals surface area contributed by atoms with Gasteiger partial charge in [-0.1, -0.05) is 41.0 Å². The quantitative estimate of drug-likeness (QED) is 0.670. The lowest BCUT2D eigenvalue weighted by Gasteiger charge is -2.30. The summed E-state index contributed by atoms with van der Waals surface area (Å²) in [6.07, 6.45) is 1.62. The number of hydrogen-bond acceptors (Lipinski definition) is 5. The number of halogens is 2. The minimum absolute atomic E-state index is 0.179. The van der Waals surface area contributed by atoms with Gasteiger partial charge >= 0.3 is 0 Å². The molecule has 1 unspecified atom stereocenters. The molecular weight excluding hydrogens is 395 g/mol. The van der Waals surface area contributed by atoms with Gasteiger partial charge in [0.1, 0.15) is 5.82 Å². The smallest absolute Gasteiger partial charge is 0.241 e. The van der Waals surface area contributed by atoms with Gasteiger partial charge in [-0.05, 0) is 43.7 Å². The summed E-state index contributed by atoms with van der Waals surface area (Å²) in [7, 11) is 0. The first-order valence-corrected chi connectivity index (χ1v) is 9.83. The van der Waals surface area contributed by atoms with Crippen LogP contribution in [-0.4, -0.2) is 34.0 Å². The lowest BCUT2D eigenvalue weighted by molar-refractivity contribution is -0.121. The van der Waals surface area contributed by atoms with Gasteiger partial charge in [0, 0.05) is 12.1 Å². The van der Waals surface area contributed by atoms with E-state index in [9.17, 15) is 9.18 Å². The van der Waals surface area contributed by atoms with Crippen molar-refractivity contribution in [1.29, 1.82) is 0 Å². The zero-order valence-electron chi connectivity index (χ0n) is 15.6. The number of piperidine rings is 1. The Kier molecular flexibility index (Phi) is 5.87. The molecule has 29 heavy (non-hydrogen) atoms. The van der Waals surface area contributed by atoms with Crippen molar-refractivity contribution >= 4 is 23.2 Å². The van der Waals surface area contributed by atoms with E-state index in [1.54, 1.807) is 24.3 Å². The van der Waals surface area contributed by atoms with Gasteiger partial charge in [0.2, 0.25) is 17.6 Å². The van der Waals surface area contributed by atoms with Gasteiger partial charge in [0.15, 0.2) is 0 Å². The molecule has 6 nitrogen and oxygen atoms in total. The molecule has 1 saturated heterocycles. The van der Waals surface area contributed by atoms with E-state index in [1.165, 1.54) is 6.07 Å². The first kappa shape index (κ1) is 19.5. The number of aromatic nitrogens is 2. The second-order valence-corrected chi connectivity index (χ2v) is 7.44. The lowest BCUT2D eigenvalue weighted by Crippen LogP contribution is -2.40. The molecule has 1 atom stereocenters. The molecule has 0 spiro atoms. The van der Waals surface area contributed by atoms with E-state index < -0.39 is 5.82 Å². The Labute approximate surface area is 172 Å². The van der Waals surface area contributed by atoms with E-state index in [0.717, 1.165) is 19.4 Å². The van der Waals surface area contributed by atoms with Crippen molar-refractivity contribution in [2.45, 2.75) is 19.4 Å². The van der Waals surface area contributed by atoms with Gasteiger partial charge < -0.3 is 9.84 Å². The third-order valence-electron chi connectivity index (χ3n) is 4.95. The summed E-state index contributed by atoms with van der Waals surface area (Å²) in [6, 6.07) is 13.5. The van der Waals surface area contributed by atoms with E-state index in [-0.39, 0.29) is 17.5 Å². The minimum Gasteiger partial charge on any atom is -0.338 e. The number of likely N-dealkylation sites (tertiary alicyclic amines) is 1. The first-order chi connectivity index (χ1) is 14.1. The van der Waals surface area contributed by atoms with Crippen LogP contribution in [0, 0.1) is 11.7 Å². The van der Waals surface area contributed by atoms with Crippen molar-refractivity contribution < 1.29 is 13.7 Å². The highest BCUT2D eigenvalue weighted by Crippen LogP contribution is 2.26. The molecule has 1 aromatic heterocycles. The van der Waals surface area contributed by atoms with Crippen molar-refractivity contribution in [2.24, 2.45) is 5.92 Å². The van der Waals surface area contributed by atoms with Crippen molar-refractivity contribution in [2.75, 3.05) is 18.4 Å². The fourth-order valence-electron chi connectivity index (χ4n) is 3.47. The first-order valence-electron chi connectivity index (χ1n) is 9.45.